The summed E-state index contributed by atoms with van der Waals surface area (Å²) in [5, 5.41) is 20.2. The van der Waals surface area contributed by atoms with E-state index in [1.165, 1.54) is 11.8 Å². The van der Waals surface area contributed by atoms with Gasteiger partial charge in [0, 0.05) is 42.5 Å². The van der Waals surface area contributed by atoms with Gasteiger partial charge in [0.2, 0.25) is 5.88 Å². The molecule has 32 heavy (non-hydrogen) atoms. The molecule has 5 rings (SSSR count). The van der Waals surface area contributed by atoms with Gasteiger partial charge in [-0.1, -0.05) is 12.1 Å². The van der Waals surface area contributed by atoms with Crippen molar-refractivity contribution in [3.63, 3.8) is 0 Å². The van der Waals surface area contributed by atoms with Crippen LogP contribution in [0.4, 0.5) is 5.69 Å². The summed E-state index contributed by atoms with van der Waals surface area (Å²) in [4.78, 5) is 16.8. The van der Waals surface area contributed by atoms with Crippen LogP contribution in [-0.4, -0.2) is 47.6 Å². The number of methoxy groups -OCH3 is 1. The lowest BCUT2D eigenvalue weighted by Crippen LogP contribution is -2.12. The van der Waals surface area contributed by atoms with Crippen LogP contribution in [0.5, 0.6) is 5.88 Å². The molecule has 0 aliphatic rings. The molecule has 0 saturated carbocycles. The number of aryl methyl sites for hydroxylation is 1. The van der Waals surface area contributed by atoms with Crippen LogP contribution >= 0.6 is 0 Å². The number of hydrogen-bond donors (Lipinski definition) is 1. The second-order valence-corrected chi connectivity index (χ2v) is 7.01. The molecule has 1 aromatic carbocycles. The van der Waals surface area contributed by atoms with Gasteiger partial charge in [0.05, 0.1) is 12.8 Å². The van der Waals surface area contributed by atoms with Crippen molar-refractivity contribution in [3.05, 3.63) is 72.7 Å². The quantitative estimate of drug-likeness (QED) is 0.460. The lowest BCUT2D eigenvalue weighted by atomic mass is 10.1. The van der Waals surface area contributed by atoms with Crippen molar-refractivity contribution in [2.75, 3.05) is 12.4 Å². The minimum atomic E-state index is -0.311. The maximum atomic E-state index is 12.7. The van der Waals surface area contributed by atoms with Crippen molar-refractivity contribution in [1.29, 1.82) is 0 Å². The minimum Gasteiger partial charge on any atom is -0.479 e. The number of rotatable bonds is 5. The number of carbonyl (C=O) groups is 1. The van der Waals surface area contributed by atoms with E-state index < -0.39 is 0 Å². The average molecular weight is 426 g/mol. The summed E-state index contributed by atoms with van der Waals surface area (Å²) in [6.45, 7) is 0. The molecule has 0 aliphatic heterocycles. The van der Waals surface area contributed by atoms with Gasteiger partial charge in [-0.05, 0) is 36.4 Å². The molecule has 0 radical (unpaired) electrons. The molecular weight excluding hydrogens is 408 g/mol. The highest BCUT2D eigenvalue weighted by Gasteiger charge is 2.17. The average Bonchev–Trinajstić information content (AvgIpc) is 3.42. The minimum absolute atomic E-state index is 0.268. The van der Waals surface area contributed by atoms with Crippen LogP contribution in [0.15, 0.2) is 67.1 Å². The predicted molar refractivity (Wildman–Crippen MR) is 117 cm³/mol. The molecular formula is C22H18N8O2. The van der Waals surface area contributed by atoms with Crippen LogP contribution < -0.4 is 10.1 Å². The third-order valence-electron chi connectivity index (χ3n) is 4.85. The zero-order chi connectivity index (χ0) is 22.1. The van der Waals surface area contributed by atoms with E-state index in [9.17, 15) is 4.79 Å². The first kappa shape index (κ1) is 19.4. The molecule has 0 fully saturated rings. The summed E-state index contributed by atoms with van der Waals surface area (Å²) in [6, 6.07) is 14.9. The highest BCUT2D eigenvalue weighted by molar-refractivity contribution is 6.06. The van der Waals surface area contributed by atoms with Gasteiger partial charge in [-0.3, -0.25) is 14.5 Å². The third-order valence-corrected chi connectivity index (χ3v) is 4.85. The van der Waals surface area contributed by atoms with Gasteiger partial charge in [0.1, 0.15) is 5.56 Å². The number of benzene rings is 1. The van der Waals surface area contributed by atoms with Crippen LogP contribution in [0, 0.1) is 0 Å². The monoisotopic (exact) mass is 426 g/mol. The Morgan fingerprint density at radius 2 is 1.84 bits per heavy atom. The van der Waals surface area contributed by atoms with Gasteiger partial charge >= 0.3 is 0 Å². The SMILES string of the molecule is COc1nn(C)cc1C(=O)Nc1cccc(-c2ccc3nnc(-c4ccncc4)n3n2)c1. The zero-order valence-electron chi connectivity index (χ0n) is 17.3. The molecule has 0 bridgehead atoms. The summed E-state index contributed by atoms with van der Waals surface area (Å²) in [7, 11) is 3.21. The van der Waals surface area contributed by atoms with E-state index >= 15 is 0 Å². The number of anilines is 1. The van der Waals surface area contributed by atoms with Crippen LogP contribution in [0.3, 0.4) is 0 Å². The van der Waals surface area contributed by atoms with Crippen molar-refractivity contribution in [2.45, 2.75) is 0 Å². The predicted octanol–water partition coefficient (Wildman–Crippen LogP) is 2.85. The number of aromatic nitrogens is 7. The van der Waals surface area contributed by atoms with E-state index in [-0.39, 0.29) is 11.8 Å². The second-order valence-electron chi connectivity index (χ2n) is 7.01. The highest BCUT2D eigenvalue weighted by Crippen LogP contribution is 2.24. The number of amides is 1. The van der Waals surface area contributed by atoms with Gasteiger partial charge in [-0.2, -0.15) is 9.61 Å². The topological polar surface area (TPSA) is 112 Å². The van der Waals surface area contributed by atoms with E-state index in [0.717, 1.165) is 11.1 Å². The molecule has 0 saturated heterocycles. The van der Waals surface area contributed by atoms with Crippen LogP contribution in [-0.2, 0) is 7.05 Å². The van der Waals surface area contributed by atoms with E-state index in [1.807, 2.05) is 48.5 Å². The van der Waals surface area contributed by atoms with Crippen molar-refractivity contribution >= 4 is 17.2 Å². The van der Waals surface area contributed by atoms with Crippen LogP contribution in [0.25, 0.3) is 28.3 Å². The molecule has 10 nitrogen and oxygen atoms in total. The van der Waals surface area contributed by atoms with Crippen LogP contribution in [0.2, 0.25) is 0 Å². The maximum absolute atomic E-state index is 12.7. The fourth-order valence-electron chi connectivity index (χ4n) is 3.35. The normalized spacial score (nSPS) is 10.9. The largest absolute Gasteiger partial charge is 0.479 e. The zero-order valence-corrected chi connectivity index (χ0v) is 17.3. The first-order chi connectivity index (χ1) is 15.6. The maximum Gasteiger partial charge on any atom is 0.262 e. The Balaban J connectivity index is 1.47. The summed E-state index contributed by atoms with van der Waals surface area (Å²) >= 11 is 0. The molecule has 0 spiro atoms. The summed E-state index contributed by atoms with van der Waals surface area (Å²) in [5.74, 6) is 0.580. The standard InChI is InChI=1S/C22H18N8O2/c1-29-13-17(22(28-29)32-2)21(31)24-16-5-3-4-15(12-16)18-6-7-19-25-26-20(30(19)27-18)14-8-10-23-11-9-14/h3-13H,1-2H3,(H,24,31). The number of pyridine rings is 1. The number of nitrogens with one attached hydrogen (secondary N) is 1. The Bertz CT molecular complexity index is 1420. The number of nitrogens with zero attached hydrogens (tertiary/aromatic N) is 7. The number of hydrogen-bond acceptors (Lipinski definition) is 7. The molecule has 0 aliphatic carbocycles. The van der Waals surface area contributed by atoms with E-state index in [2.05, 4.69) is 25.6 Å². The molecule has 1 amide bonds. The van der Waals surface area contributed by atoms with Crippen LogP contribution in [0.1, 0.15) is 10.4 Å². The summed E-state index contributed by atoms with van der Waals surface area (Å²) < 4.78 is 8.40. The van der Waals surface area contributed by atoms with Crippen molar-refractivity contribution in [3.8, 4) is 28.5 Å². The van der Waals surface area contributed by atoms with Crippen molar-refractivity contribution < 1.29 is 9.53 Å². The molecule has 4 heterocycles. The summed E-state index contributed by atoms with van der Waals surface area (Å²) in [5.41, 5.74) is 4.02. The Hall–Kier alpha value is -4.60. The number of ether oxygens (including phenoxy) is 1. The number of fused-ring (bicyclic) bond motifs is 1. The van der Waals surface area contributed by atoms with Gasteiger partial charge in [0.15, 0.2) is 11.5 Å². The second kappa shape index (κ2) is 7.91. The third kappa shape index (κ3) is 3.54. The van der Waals surface area contributed by atoms with E-state index in [4.69, 9.17) is 9.84 Å². The van der Waals surface area contributed by atoms with Crippen molar-refractivity contribution in [2.24, 2.45) is 7.05 Å². The molecule has 0 atom stereocenters. The lowest BCUT2D eigenvalue weighted by molar-refractivity contribution is 0.102. The number of carbonyl (C=O) groups excluding carboxylic acids is 1. The highest BCUT2D eigenvalue weighted by atomic mass is 16.5. The fraction of sp³-hybridized carbons (Fsp3) is 0.0909. The molecule has 1 N–H and O–H groups in total. The Morgan fingerprint density at radius 3 is 2.66 bits per heavy atom. The van der Waals surface area contributed by atoms with Gasteiger partial charge in [0.25, 0.3) is 5.91 Å². The Labute approximate surface area is 182 Å². The molecule has 158 valence electrons. The molecule has 5 aromatic rings. The van der Waals surface area contributed by atoms with Gasteiger partial charge in [-0.25, -0.2) is 0 Å². The lowest BCUT2D eigenvalue weighted by Gasteiger charge is -2.08. The molecule has 10 heteroatoms. The molecule has 0 unspecified atom stereocenters. The Kier molecular flexibility index (Phi) is 4.79. The molecule has 4 aromatic heterocycles. The van der Waals surface area contributed by atoms with Gasteiger partial charge in [-0.15, -0.1) is 15.3 Å². The first-order valence-electron chi connectivity index (χ1n) is 9.74. The van der Waals surface area contributed by atoms with E-state index in [0.29, 0.717) is 28.4 Å². The van der Waals surface area contributed by atoms with Crippen molar-refractivity contribution in [1.82, 2.24) is 34.6 Å². The van der Waals surface area contributed by atoms with E-state index in [1.54, 1.807) is 30.2 Å². The summed E-state index contributed by atoms with van der Waals surface area (Å²) in [6.07, 6.45) is 5.01. The van der Waals surface area contributed by atoms with Gasteiger partial charge < -0.3 is 10.1 Å². The first-order valence-corrected chi connectivity index (χ1v) is 9.74. The fourth-order valence-corrected chi connectivity index (χ4v) is 3.35. The Morgan fingerprint density at radius 1 is 1.00 bits per heavy atom. The smallest absolute Gasteiger partial charge is 0.262 e.